The van der Waals surface area contributed by atoms with Crippen LogP contribution in [0, 0.1) is 26.8 Å². The topological polar surface area (TPSA) is 74.6 Å². The van der Waals surface area contributed by atoms with Gasteiger partial charge in [0.15, 0.2) is 0 Å². The van der Waals surface area contributed by atoms with E-state index in [1.54, 1.807) is 12.1 Å². The molecule has 22 heavy (non-hydrogen) atoms. The first kappa shape index (κ1) is 20.7. The van der Waals surface area contributed by atoms with Crippen molar-refractivity contribution in [1.29, 1.82) is 0 Å². The van der Waals surface area contributed by atoms with Crippen molar-refractivity contribution < 1.29 is 38.0 Å². The van der Waals surface area contributed by atoms with Crippen molar-refractivity contribution >= 4 is 14.0 Å². The summed E-state index contributed by atoms with van der Waals surface area (Å²) in [7, 11) is -2.87. The van der Waals surface area contributed by atoms with Gasteiger partial charge in [0, 0.05) is 4.57 Å². The van der Waals surface area contributed by atoms with E-state index in [9.17, 15) is 4.79 Å². The van der Waals surface area contributed by atoms with E-state index in [0.29, 0.717) is 5.56 Å². The van der Waals surface area contributed by atoms with Crippen LogP contribution in [0.25, 0.3) is 0 Å². The summed E-state index contributed by atoms with van der Waals surface area (Å²) in [5.41, 5.74) is 4.68. The number of benzene rings is 2. The van der Waals surface area contributed by atoms with Crippen molar-refractivity contribution in [1.82, 2.24) is 0 Å². The van der Waals surface area contributed by atoms with Crippen LogP contribution in [0.3, 0.4) is 0 Å². The van der Waals surface area contributed by atoms with Gasteiger partial charge < -0.3 is 4.79 Å². The summed E-state index contributed by atoms with van der Waals surface area (Å²) in [4.78, 5) is 26.6. The van der Waals surface area contributed by atoms with Crippen LogP contribution in [0.1, 0.15) is 32.6 Å². The average molecular weight is 311 g/mol. The van der Waals surface area contributed by atoms with E-state index < -0.39 is 8.25 Å². The fourth-order valence-corrected chi connectivity index (χ4v) is 2.21. The summed E-state index contributed by atoms with van der Waals surface area (Å²) >= 11 is 0. The smallest absolute Gasteiger partial charge is 0.346 e. The molecule has 110 valence electrons. The van der Waals surface area contributed by atoms with E-state index in [-0.39, 0.29) is 24.6 Å². The zero-order chi connectivity index (χ0) is 16.0. The number of hydrogen-bond acceptors (Lipinski definition) is 2. The van der Waals surface area contributed by atoms with Gasteiger partial charge in [0.05, 0.1) is 0 Å². The molecule has 2 aromatic rings. The fraction of sp³-hybridized carbons (Fsp3) is 0.188. The molecule has 0 fully saturated rings. The third kappa shape index (κ3) is 6.23. The van der Waals surface area contributed by atoms with E-state index in [2.05, 4.69) is 6.07 Å². The third-order valence-corrected chi connectivity index (χ3v) is 2.86. The molecular weight excluding hydrogens is 294 g/mol. The van der Waals surface area contributed by atoms with Gasteiger partial charge in [-0.1, -0.05) is 17.7 Å². The number of rotatable bonds is 2. The Kier molecular flexibility index (Phi) is 9.13. The molecule has 0 aliphatic carbocycles. The maximum atomic E-state index is 12.4. The number of carbonyl (C=O) groups excluding carboxylic acids is 1. The third-order valence-electron chi connectivity index (χ3n) is 2.86. The van der Waals surface area contributed by atoms with Crippen LogP contribution in [0.5, 0.6) is 0 Å². The van der Waals surface area contributed by atoms with Crippen LogP contribution >= 0.6 is 8.25 Å². The van der Waals surface area contributed by atoms with Crippen LogP contribution in [-0.4, -0.2) is 15.6 Å². The van der Waals surface area contributed by atoms with Crippen LogP contribution in [0.15, 0.2) is 36.4 Å². The van der Waals surface area contributed by atoms with Crippen molar-refractivity contribution in [3.63, 3.8) is 0 Å². The Morgan fingerprint density at radius 2 is 1.59 bits per heavy atom. The minimum Gasteiger partial charge on any atom is -0.346 e. The molecule has 2 N–H and O–H groups in total. The maximum Gasteiger partial charge on any atom is 1.00 e. The van der Waals surface area contributed by atoms with Crippen LogP contribution < -0.4 is 18.9 Å². The number of aryl methyl sites for hydroxylation is 3. The van der Waals surface area contributed by atoms with Crippen LogP contribution in [0.2, 0.25) is 0 Å². The first-order valence-corrected chi connectivity index (χ1v) is 7.43. The Morgan fingerprint density at radius 3 is 2.00 bits per heavy atom. The first-order chi connectivity index (χ1) is 9.82. The average Bonchev–Trinajstić information content (AvgIpc) is 2.37. The molecule has 0 aliphatic heterocycles. The molecule has 0 aliphatic rings. The SMILES string of the molecule is Cc1cc(C)c(C(=O)c2[c-]cccc2)c(C)c1.O=[P+](O)O.[Li+]. The summed E-state index contributed by atoms with van der Waals surface area (Å²) in [6, 6.07) is 14.4. The number of carbonyl (C=O) groups is 1. The molecule has 0 aromatic heterocycles. The van der Waals surface area contributed by atoms with E-state index >= 15 is 0 Å². The standard InChI is InChI=1S/C16H15O.Li.HO3P/c1-11-9-12(2)15(13(3)10-11)16(17)14-7-5-4-6-8-14;;1-4(2)3/h4-7,9-10H,1-3H3;;(H-,1,2,3)/q-1;+1;/p+1. The largest absolute Gasteiger partial charge is 1.00 e. The molecule has 0 unspecified atom stereocenters. The van der Waals surface area contributed by atoms with E-state index in [0.717, 1.165) is 16.7 Å². The van der Waals surface area contributed by atoms with E-state index in [1.807, 2.05) is 45.0 Å². The van der Waals surface area contributed by atoms with E-state index in [1.165, 1.54) is 5.56 Å². The van der Waals surface area contributed by atoms with Crippen LogP contribution in [0.4, 0.5) is 0 Å². The van der Waals surface area contributed by atoms with Crippen molar-refractivity contribution in [2.24, 2.45) is 0 Å². The molecule has 0 saturated carbocycles. The predicted molar refractivity (Wildman–Crippen MR) is 81.4 cm³/mol. The van der Waals surface area contributed by atoms with Crippen molar-refractivity contribution in [3.05, 3.63) is 70.3 Å². The molecule has 0 radical (unpaired) electrons. The zero-order valence-electron chi connectivity index (χ0n) is 13.1. The summed E-state index contributed by atoms with van der Waals surface area (Å²) in [5, 5.41) is 0. The first-order valence-electron chi connectivity index (χ1n) is 6.27. The zero-order valence-corrected chi connectivity index (χ0v) is 14.0. The van der Waals surface area contributed by atoms with Crippen LogP contribution in [-0.2, 0) is 4.57 Å². The predicted octanol–water partition coefficient (Wildman–Crippen LogP) is 0.275. The second-order valence-electron chi connectivity index (χ2n) is 4.63. The van der Waals surface area contributed by atoms with Gasteiger partial charge in [-0.15, -0.1) is 45.7 Å². The number of ketones is 1. The molecule has 0 heterocycles. The van der Waals surface area contributed by atoms with Gasteiger partial charge >= 0.3 is 27.1 Å². The molecule has 4 nitrogen and oxygen atoms in total. The second-order valence-corrected chi connectivity index (χ2v) is 5.14. The summed E-state index contributed by atoms with van der Waals surface area (Å²) in [6.07, 6.45) is 0. The Labute approximate surface area is 143 Å². The summed E-state index contributed by atoms with van der Waals surface area (Å²) in [6.45, 7) is 6.01. The Bertz CT molecular complexity index is 629. The normalized spacial score (nSPS) is 9.14. The summed E-state index contributed by atoms with van der Waals surface area (Å²) in [5.74, 6) is 0.0561. The molecular formula is C16H17LiO4P+. The Hall–Kier alpha value is -1.27. The molecule has 2 rings (SSSR count). The molecule has 0 amide bonds. The second kappa shape index (κ2) is 9.69. The van der Waals surface area contributed by atoms with Gasteiger partial charge in [-0.3, -0.25) is 0 Å². The molecule has 0 atom stereocenters. The number of hydrogen-bond donors (Lipinski definition) is 2. The monoisotopic (exact) mass is 311 g/mol. The Balaban J connectivity index is 0.000000791. The van der Waals surface area contributed by atoms with Gasteiger partial charge in [0.2, 0.25) is 0 Å². The minimum absolute atomic E-state index is 0. The minimum atomic E-state index is -2.87. The van der Waals surface area contributed by atoms with Gasteiger partial charge in [-0.25, -0.2) is 0 Å². The molecule has 2 aromatic carbocycles. The molecule has 0 saturated heterocycles. The molecule has 0 bridgehead atoms. The van der Waals surface area contributed by atoms with Gasteiger partial charge in [-0.2, -0.15) is 0 Å². The quantitative estimate of drug-likeness (QED) is 0.361. The summed E-state index contributed by atoms with van der Waals surface area (Å²) < 4.78 is 8.70. The van der Waals surface area contributed by atoms with Gasteiger partial charge in [0.25, 0.3) is 0 Å². The van der Waals surface area contributed by atoms with Crippen molar-refractivity contribution in [3.8, 4) is 0 Å². The molecule has 6 heteroatoms. The Morgan fingerprint density at radius 1 is 1.09 bits per heavy atom. The fourth-order valence-electron chi connectivity index (χ4n) is 2.21. The van der Waals surface area contributed by atoms with Gasteiger partial charge in [-0.05, 0) is 37.5 Å². The van der Waals surface area contributed by atoms with Gasteiger partial charge in [0.1, 0.15) is 5.78 Å². The van der Waals surface area contributed by atoms with E-state index in [4.69, 9.17) is 14.4 Å². The van der Waals surface area contributed by atoms with Crippen molar-refractivity contribution in [2.45, 2.75) is 20.8 Å². The molecule has 0 spiro atoms. The van der Waals surface area contributed by atoms with Crippen molar-refractivity contribution in [2.75, 3.05) is 0 Å². The maximum absolute atomic E-state index is 12.4.